The molecule has 5 rings (SSSR count). The number of hydrogen-bond donors (Lipinski definition) is 0. The summed E-state index contributed by atoms with van der Waals surface area (Å²) < 4.78 is 0. The predicted molar refractivity (Wildman–Crippen MR) is 117 cm³/mol. The minimum absolute atomic E-state index is 0.289. The fraction of sp³-hybridized carbons (Fsp3) is 0.538. The molecule has 3 aliphatic carbocycles. The summed E-state index contributed by atoms with van der Waals surface area (Å²) in [5, 5.41) is 0. The van der Waals surface area contributed by atoms with Crippen LogP contribution in [0.4, 0.5) is 0 Å². The zero-order chi connectivity index (χ0) is 19.5. The van der Waals surface area contributed by atoms with Crippen molar-refractivity contribution in [3.05, 3.63) is 70.8 Å². The third kappa shape index (κ3) is 2.01. The summed E-state index contributed by atoms with van der Waals surface area (Å²) in [5.74, 6) is 1.33. The van der Waals surface area contributed by atoms with Crippen LogP contribution in [0.1, 0.15) is 55.9 Å². The number of hydrogen-bond acceptors (Lipinski definition) is 2. The van der Waals surface area contributed by atoms with Gasteiger partial charge in [0.1, 0.15) is 0 Å². The van der Waals surface area contributed by atoms with Gasteiger partial charge in [-0.2, -0.15) is 0 Å². The van der Waals surface area contributed by atoms with E-state index in [-0.39, 0.29) is 10.8 Å². The summed E-state index contributed by atoms with van der Waals surface area (Å²) in [6, 6.07) is 18.8. The lowest BCUT2D eigenvalue weighted by Crippen LogP contribution is -2.42. The standard InChI is InChI=1S/C26H34N2/c1-5-27(6-2)17-25-21-15-11-9-13-19(21)23-20-14-10-12-16-22(20)26(25,24(23)25)18-28(7-3)8-4/h9-16,23-24H,5-8,17-18H2,1-4H3. The topological polar surface area (TPSA) is 6.48 Å². The molecule has 2 heteroatoms. The van der Waals surface area contributed by atoms with Crippen LogP contribution in [0.2, 0.25) is 0 Å². The van der Waals surface area contributed by atoms with Crippen molar-refractivity contribution in [2.45, 2.75) is 44.4 Å². The van der Waals surface area contributed by atoms with Crippen LogP contribution in [-0.2, 0) is 10.8 Å². The second kappa shape index (κ2) is 6.43. The minimum Gasteiger partial charge on any atom is -0.303 e. The third-order valence-corrected chi connectivity index (χ3v) is 8.40. The smallest absolute Gasteiger partial charge is 0.0242 e. The quantitative estimate of drug-likeness (QED) is 0.664. The Labute approximate surface area is 170 Å². The highest BCUT2D eigenvalue weighted by Gasteiger charge is 2.85. The van der Waals surface area contributed by atoms with Crippen LogP contribution in [0.15, 0.2) is 48.5 Å². The Morgan fingerprint density at radius 3 is 1.43 bits per heavy atom. The Hall–Kier alpha value is -1.64. The summed E-state index contributed by atoms with van der Waals surface area (Å²) in [6.07, 6.45) is 0. The summed E-state index contributed by atoms with van der Waals surface area (Å²) >= 11 is 0. The van der Waals surface area contributed by atoms with E-state index in [0.717, 1.165) is 32.1 Å². The van der Waals surface area contributed by atoms with E-state index in [2.05, 4.69) is 86.0 Å². The van der Waals surface area contributed by atoms with Gasteiger partial charge in [-0.15, -0.1) is 0 Å². The van der Waals surface area contributed by atoms with Crippen LogP contribution >= 0.6 is 0 Å². The van der Waals surface area contributed by atoms with Gasteiger partial charge in [0.25, 0.3) is 0 Å². The fourth-order valence-corrected chi connectivity index (χ4v) is 7.14. The van der Waals surface area contributed by atoms with Crippen LogP contribution in [0.25, 0.3) is 0 Å². The summed E-state index contributed by atoms with van der Waals surface area (Å²) in [4.78, 5) is 5.34. The second-order valence-electron chi connectivity index (χ2n) is 9.00. The molecule has 0 spiro atoms. The van der Waals surface area contributed by atoms with E-state index in [1.54, 1.807) is 22.3 Å². The Kier molecular flexibility index (Phi) is 4.23. The van der Waals surface area contributed by atoms with E-state index in [4.69, 9.17) is 0 Å². The van der Waals surface area contributed by atoms with Crippen LogP contribution in [-0.4, -0.2) is 49.1 Å². The third-order valence-electron chi connectivity index (χ3n) is 8.40. The van der Waals surface area contributed by atoms with Gasteiger partial charge in [-0.05, 0) is 54.4 Å². The average Bonchev–Trinajstić information content (AvgIpc) is 3.04. The summed E-state index contributed by atoms with van der Waals surface area (Å²) in [7, 11) is 0. The van der Waals surface area contributed by atoms with Crippen LogP contribution in [0.5, 0.6) is 0 Å². The molecule has 2 atom stereocenters. The van der Waals surface area contributed by atoms with Crippen LogP contribution in [0.3, 0.4) is 0 Å². The van der Waals surface area contributed by atoms with Crippen molar-refractivity contribution in [3.8, 4) is 0 Å². The number of rotatable bonds is 8. The Morgan fingerprint density at radius 2 is 1.04 bits per heavy atom. The SMILES string of the molecule is CCN(CC)CC12c3ccccc3C3c4ccccc4C1(CN(CC)CC)C32. The first kappa shape index (κ1) is 18.4. The first-order chi connectivity index (χ1) is 13.7. The highest BCUT2D eigenvalue weighted by Crippen LogP contribution is 2.84. The lowest BCUT2D eigenvalue weighted by molar-refractivity contribution is 0.227. The fourth-order valence-electron chi connectivity index (χ4n) is 7.14. The minimum atomic E-state index is 0.289. The van der Waals surface area contributed by atoms with Crippen molar-refractivity contribution in [1.29, 1.82) is 0 Å². The Morgan fingerprint density at radius 1 is 0.643 bits per heavy atom. The molecule has 1 saturated carbocycles. The monoisotopic (exact) mass is 374 g/mol. The molecule has 148 valence electrons. The van der Waals surface area contributed by atoms with Gasteiger partial charge >= 0.3 is 0 Å². The van der Waals surface area contributed by atoms with Gasteiger partial charge in [0.05, 0.1) is 0 Å². The van der Waals surface area contributed by atoms with Gasteiger partial charge in [0.2, 0.25) is 0 Å². The van der Waals surface area contributed by atoms with Gasteiger partial charge in [0.15, 0.2) is 0 Å². The first-order valence-electron chi connectivity index (χ1n) is 11.3. The molecule has 0 heterocycles. The van der Waals surface area contributed by atoms with Gasteiger partial charge < -0.3 is 9.80 Å². The molecule has 0 bridgehead atoms. The lowest BCUT2D eigenvalue weighted by atomic mass is 9.80. The molecule has 28 heavy (non-hydrogen) atoms. The van der Waals surface area contributed by atoms with E-state index < -0.39 is 0 Å². The Balaban J connectivity index is 1.72. The molecule has 2 nitrogen and oxygen atoms in total. The molecule has 1 fully saturated rings. The van der Waals surface area contributed by atoms with Crippen molar-refractivity contribution < 1.29 is 0 Å². The highest BCUT2D eigenvalue weighted by molar-refractivity contribution is 5.72. The molecule has 0 radical (unpaired) electrons. The number of fused-ring (bicyclic) bond motifs is 7. The maximum absolute atomic E-state index is 2.67. The molecule has 3 aliphatic rings. The largest absolute Gasteiger partial charge is 0.303 e. The van der Waals surface area contributed by atoms with Gasteiger partial charge in [0, 0.05) is 29.8 Å². The maximum Gasteiger partial charge on any atom is 0.0242 e. The molecular formula is C26H34N2. The molecule has 0 aromatic heterocycles. The van der Waals surface area contributed by atoms with E-state index in [0.29, 0.717) is 5.92 Å². The van der Waals surface area contributed by atoms with Gasteiger partial charge in [-0.25, -0.2) is 0 Å². The number of likely N-dealkylation sites (N-methyl/N-ethyl adjacent to an activating group) is 2. The Bertz CT molecular complexity index is 810. The molecule has 2 aromatic carbocycles. The molecular weight excluding hydrogens is 340 g/mol. The van der Waals surface area contributed by atoms with Crippen molar-refractivity contribution in [3.63, 3.8) is 0 Å². The number of nitrogens with zero attached hydrogens (tertiary/aromatic N) is 2. The molecule has 0 aliphatic heterocycles. The lowest BCUT2D eigenvalue weighted by Gasteiger charge is -2.34. The van der Waals surface area contributed by atoms with Crippen LogP contribution in [0, 0.1) is 5.92 Å². The zero-order valence-corrected chi connectivity index (χ0v) is 17.9. The normalized spacial score (nSPS) is 31.2. The molecule has 0 amide bonds. The van der Waals surface area contributed by atoms with Crippen molar-refractivity contribution in [2.24, 2.45) is 5.92 Å². The van der Waals surface area contributed by atoms with Crippen molar-refractivity contribution in [1.82, 2.24) is 9.80 Å². The second-order valence-corrected chi connectivity index (χ2v) is 9.00. The van der Waals surface area contributed by atoms with E-state index >= 15 is 0 Å². The first-order valence-corrected chi connectivity index (χ1v) is 11.3. The summed E-state index contributed by atoms with van der Waals surface area (Å²) in [5.41, 5.74) is 7.11. The molecule has 0 N–H and O–H groups in total. The summed E-state index contributed by atoms with van der Waals surface area (Å²) in [6.45, 7) is 16.2. The maximum atomic E-state index is 2.67. The molecule has 2 unspecified atom stereocenters. The number of benzene rings is 2. The van der Waals surface area contributed by atoms with Gasteiger partial charge in [-0.1, -0.05) is 76.2 Å². The van der Waals surface area contributed by atoms with Crippen molar-refractivity contribution >= 4 is 0 Å². The zero-order valence-electron chi connectivity index (χ0n) is 17.9. The predicted octanol–water partition coefficient (Wildman–Crippen LogP) is 4.63. The highest BCUT2D eigenvalue weighted by atomic mass is 15.2. The van der Waals surface area contributed by atoms with E-state index in [1.165, 1.54) is 13.1 Å². The molecule has 2 aromatic rings. The molecule has 0 saturated heterocycles. The van der Waals surface area contributed by atoms with E-state index in [1.807, 2.05) is 0 Å². The van der Waals surface area contributed by atoms with E-state index in [9.17, 15) is 0 Å². The average molecular weight is 375 g/mol. The van der Waals surface area contributed by atoms with Gasteiger partial charge in [-0.3, -0.25) is 0 Å². The van der Waals surface area contributed by atoms with Crippen molar-refractivity contribution in [2.75, 3.05) is 39.3 Å². The van der Waals surface area contributed by atoms with Crippen LogP contribution < -0.4 is 0 Å².